The Morgan fingerprint density at radius 1 is 0.500 bits per heavy atom. The van der Waals surface area contributed by atoms with Crippen molar-refractivity contribution >= 4 is 0 Å². The number of unbranched alkanes of at least 4 members (excludes halogenated alkanes) is 11. The van der Waals surface area contributed by atoms with Crippen molar-refractivity contribution in [2.75, 3.05) is 19.6 Å². The first-order valence-electron chi connectivity index (χ1n) is 12.4. The molecule has 162 valence electrons. The van der Waals surface area contributed by atoms with Crippen molar-refractivity contribution in [1.82, 2.24) is 10.6 Å². The third-order valence-electron chi connectivity index (χ3n) is 5.61. The molecule has 2 N–H and O–H groups in total. The molecule has 0 aliphatic carbocycles. The summed E-state index contributed by atoms with van der Waals surface area (Å²) in [6, 6.07) is 9.19. The fourth-order valence-corrected chi connectivity index (χ4v) is 3.65. The van der Waals surface area contributed by atoms with Gasteiger partial charge in [-0.2, -0.15) is 0 Å². The molecule has 0 unspecified atom stereocenters. The molecule has 0 heterocycles. The second-order valence-electron chi connectivity index (χ2n) is 8.38. The average Bonchev–Trinajstić information content (AvgIpc) is 2.72. The van der Waals surface area contributed by atoms with E-state index in [1.807, 2.05) is 0 Å². The van der Waals surface area contributed by atoms with Crippen LogP contribution in [0.3, 0.4) is 0 Å². The lowest BCUT2D eigenvalue weighted by Gasteiger charge is -2.08. The molecule has 0 aliphatic rings. The summed E-state index contributed by atoms with van der Waals surface area (Å²) < 4.78 is 0. The fraction of sp³-hybridized carbons (Fsp3) is 0.769. The molecule has 2 heteroatoms. The Labute approximate surface area is 176 Å². The molecule has 0 radical (unpaired) electrons. The minimum absolute atomic E-state index is 1.01. The highest BCUT2D eigenvalue weighted by Gasteiger charge is 1.97. The molecule has 0 fully saturated rings. The largest absolute Gasteiger partial charge is 0.316 e. The topological polar surface area (TPSA) is 24.1 Å². The van der Waals surface area contributed by atoms with Crippen LogP contribution in [0.4, 0.5) is 0 Å². The number of nitrogens with one attached hydrogen (secondary N) is 2. The second kappa shape index (κ2) is 19.5. The first kappa shape index (κ1) is 25.2. The number of hydrogen-bond donors (Lipinski definition) is 2. The van der Waals surface area contributed by atoms with Crippen molar-refractivity contribution in [3.05, 3.63) is 35.4 Å². The number of benzene rings is 1. The Balaban J connectivity index is 1.94. The smallest absolute Gasteiger partial charge is 0.0205 e. The van der Waals surface area contributed by atoms with Crippen molar-refractivity contribution in [2.24, 2.45) is 0 Å². The normalized spacial score (nSPS) is 11.2. The molecule has 0 saturated carbocycles. The van der Waals surface area contributed by atoms with Gasteiger partial charge in [-0.1, -0.05) is 109 Å². The van der Waals surface area contributed by atoms with Crippen LogP contribution in [0.2, 0.25) is 0 Å². The van der Waals surface area contributed by atoms with Crippen LogP contribution in [-0.4, -0.2) is 19.6 Å². The minimum atomic E-state index is 1.01. The van der Waals surface area contributed by atoms with E-state index in [0.29, 0.717) is 0 Å². The van der Waals surface area contributed by atoms with Crippen LogP contribution in [0.1, 0.15) is 108 Å². The van der Waals surface area contributed by atoms with Crippen molar-refractivity contribution in [3.8, 4) is 0 Å². The van der Waals surface area contributed by atoms with Crippen molar-refractivity contribution in [3.63, 3.8) is 0 Å². The van der Waals surface area contributed by atoms with Gasteiger partial charge in [0.1, 0.15) is 0 Å². The predicted octanol–water partition coefficient (Wildman–Crippen LogP) is 7.02. The summed E-state index contributed by atoms with van der Waals surface area (Å²) in [6.45, 7) is 8.99. The summed E-state index contributed by atoms with van der Waals surface area (Å²) in [5.41, 5.74) is 2.86. The first-order chi connectivity index (χ1) is 13.9. The maximum absolute atomic E-state index is 3.60. The maximum Gasteiger partial charge on any atom is 0.0205 e. The zero-order chi connectivity index (χ0) is 20.1. The Bertz CT molecular complexity index is 386. The van der Waals surface area contributed by atoms with Crippen LogP contribution in [0.25, 0.3) is 0 Å². The lowest BCUT2D eigenvalue weighted by Crippen LogP contribution is -2.18. The van der Waals surface area contributed by atoms with E-state index >= 15 is 0 Å². The van der Waals surface area contributed by atoms with Gasteiger partial charge in [0.15, 0.2) is 0 Å². The Kier molecular flexibility index (Phi) is 17.5. The van der Waals surface area contributed by atoms with E-state index in [-0.39, 0.29) is 0 Å². The summed E-state index contributed by atoms with van der Waals surface area (Å²) in [5, 5.41) is 7.19. The van der Waals surface area contributed by atoms with Crippen LogP contribution in [-0.2, 0) is 13.0 Å². The Morgan fingerprint density at radius 3 is 1.54 bits per heavy atom. The molecule has 1 aromatic rings. The molecular formula is C26H48N2. The lowest BCUT2D eigenvalue weighted by molar-refractivity contribution is 0.562. The van der Waals surface area contributed by atoms with E-state index in [1.54, 1.807) is 0 Å². The summed E-state index contributed by atoms with van der Waals surface area (Å²) in [4.78, 5) is 0. The van der Waals surface area contributed by atoms with E-state index in [4.69, 9.17) is 0 Å². The molecule has 0 atom stereocenters. The first-order valence-corrected chi connectivity index (χ1v) is 12.4. The number of rotatable bonds is 20. The van der Waals surface area contributed by atoms with Crippen LogP contribution in [0.5, 0.6) is 0 Å². The van der Waals surface area contributed by atoms with Crippen LogP contribution in [0.15, 0.2) is 24.3 Å². The highest BCUT2D eigenvalue weighted by Crippen LogP contribution is 2.08. The standard InChI is InChI=1S/C26H48N2/c1-3-5-7-9-11-13-15-22-28-24-26-18-16-25(17-19-26)20-23-27-21-14-12-10-8-6-4-2/h16-19,27-28H,3-15,20-24H2,1-2H3. The molecule has 0 aliphatic heterocycles. The summed E-state index contributed by atoms with van der Waals surface area (Å²) in [5.74, 6) is 0. The highest BCUT2D eigenvalue weighted by atomic mass is 14.8. The predicted molar refractivity (Wildman–Crippen MR) is 126 cm³/mol. The van der Waals surface area contributed by atoms with Gasteiger partial charge in [-0.3, -0.25) is 0 Å². The van der Waals surface area contributed by atoms with Gasteiger partial charge in [0.2, 0.25) is 0 Å². The zero-order valence-corrected chi connectivity index (χ0v) is 19.0. The monoisotopic (exact) mass is 388 g/mol. The molecule has 0 amide bonds. The minimum Gasteiger partial charge on any atom is -0.316 e. The van der Waals surface area contributed by atoms with Gasteiger partial charge < -0.3 is 10.6 Å². The van der Waals surface area contributed by atoms with Crippen molar-refractivity contribution in [2.45, 2.75) is 110 Å². The molecule has 1 rings (SSSR count). The van der Waals surface area contributed by atoms with Gasteiger partial charge in [0.25, 0.3) is 0 Å². The molecule has 1 aromatic carbocycles. The summed E-state index contributed by atoms with van der Waals surface area (Å²) >= 11 is 0. The van der Waals surface area contributed by atoms with E-state index in [2.05, 4.69) is 48.7 Å². The van der Waals surface area contributed by atoms with E-state index in [9.17, 15) is 0 Å². The van der Waals surface area contributed by atoms with Crippen molar-refractivity contribution in [1.29, 1.82) is 0 Å². The lowest BCUT2D eigenvalue weighted by atomic mass is 10.1. The van der Waals surface area contributed by atoms with Gasteiger partial charge in [0, 0.05) is 6.54 Å². The molecule has 28 heavy (non-hydrogen) atoms. The van der Waals surface area contributed by atoms with Gasteiger partial charge in [-0.15, -0.1) is 0 Å². The molecule has 2 nitrogen and oxygen atoms in total. The fourth-order valence-electron chi connectivity index (χ4n) is 3.65. The zero-order valence-electron chi connectivity index (χ0n) is 19.0. The highest BCUT2D eigenvalue weighted by molar-refractivity contribution is 5.22. The van der Waals surface area contributed by atoms with Gasteiger partial charge in [0.05, 0.1) is 0 Å². The Hall–Kier alpha value is -0.860. The van der Waals surface area contributed by atoms with Gasteiger partial charge >= 0.3 is 0 Å². The van der Waals surface area contributed by atoms with E-state index in [0.717, 1.165) is 26.1 Å². The van der Waals surface area contributed by atoms with Crippen LogP contribution in [0, 0.1) is 0 Å². The average molecular weight is 389 g/mol. The maximum atomic E-state index is 3.60. The van der Waals surface area contributed by atoms with Gasteiger partial charge in [-0.05, 0) is 50.0 Å². The van der Waals surface area contributed by atoms with Gasteiger partial charge in [-0.25, -0.2) is 0 Å². The number of hydrogen-bond acceptors (Lipinski definition) is 2. The quantitative estimate of drug-likeness (QED) is 0.234. The Morgan fingerprint density at radius 2 is 0.964 bits per heavy atom. The molecule has 0 spiro atoms. The summed E-state index contributed by atoms with van der Waals surface area (Å²) in [7, 11) is 0. The van der Waals surface area contributed by atoms with Crippen LogP contribution >= 0.6 is 0 Å². The third kappa shape index (κ3) is 15.1. The summed E-state index contributed by atoms with van der Waals surface area (Å²) in [6.07, 6.45) is 19.1. The molecule has 0 saturated heterocycles. The molecule has 0 bridgehead atoms. The van der Waals surface area contributed by atoms with Crippen molar-refractivity contribution < 1.29 is 0 Å². The van der Waals surface area contributed by atoms with E-state index in [1.165, 1.54) is 101 Å². The van der Waals surface area contributed by atoms with E-state index < -0.39 is 0 Å². The molecular weight excluding hydrogens is 340 g/mol. The SMILES string of the molecule is CCCCCCCCCNCc1ccc(CCNCCCCCCCC)cc1. The molecule has 0 aromatic heterocycles. The second-order valence-corrected chi connectivity index (χ2v) is 8.38. The third-order valence-corrected chi connectivity index (χ3v) is 5.61. The van der Waals surface area contributed by atoms with Crippen LogP contribution < -0.4 is 10.6 Å².